The number of benzene rings is 1. The van der Waals surface area contributed by atoms with Crippen molar-refractivity contribution in [1.82, 2.24) is 10.2 Å². The van der Waals surface area contributed by atoms with Gasteiger partial charge >= 0.3 is 12.1 Å². The fourth-order valence-corrected chi connectivity index (χ4v) is 3.13. The number of hydrogen-bond acceptors (Lipinski definition) is 5. The van der Waals surface area contributed by atoms with Crippen LogP contribution in [0.1, 0.15) is 62.5 Å². The number of carbonyl (C=O) groups excluding carboxylic acids is 3. The molecule has 0 spiro atoms. The Morgan fingerprint density at radius 3 is 2.38 bits per heavy atom. The number of esters is 1. The molecule has 160 valence electrons. The summed E-state index contributed by atoms with van der Waals surface area (Å²) >= 11 is 0. The van der Waals surface area contributed by atoms with Crippen LogP contribution in [0.2, 0.25) is 0 Å². The van der Waals surface area contributed by atoms with Crippen molar-refractivity contribution in [3.63, 3.8) is 0 Å². The van der Waals surface area contributed by atoms with Crippen molar-refractivity contribution in [3.8, 4) is 0 Å². The van der Waals surface area contributed by atoms with E-state index in [9.17, 15) is 18.8 Å². The Kier molecular flexibility index (Phi) is 7.21. The lowest BCUT2D eigenvalue weighted by molar-refractivity contribution is -0.129. The number of likely N-dealkylation sites (tertiary alicyclic amines) is 1. The molecule has 1 aliphatic heterocycles. The fraction of sp³-hybridized carbons (Fsp3) is 0.571. The highest BCUT2D eigenvalue weighted by Gasteiger charge is 2.38. The van der Waals surface area contributed by atoms with Gasteiger partial charge in [0.25, 0.3) is 0 Å². The quantitative estimate of drug-likeness (QED) is 0.772. The maximum absolute atomic E-state index is 14.0. The Balaban J connectivity index is 2.09. The maximum atomic E-state index is 14.0. The maximum Gasteiger partial charge on any atom is 0.410 e. The monoisotopic (exact) mass is 408 g/mol. The van der Waals surface area contributed by atoms with Gasteiger partial charge < -0.3 is 14.8 Å². The third kappa shape index (κ3) is 6.17. The molecule has 1 aliphatic rings. The molecule has 0 radical (unpaired) electrons. The molecular formula is C21H29FN2O5. The second-order valence-electron chi connectivity index (χ2n) is 8.16. The Bertz CT molecular complexity index is 744. The first kappa shape index (κ1) is 22.6. The highest BCUT2D eigenvalue weighted by Crippen LogP contribution is 2.24. The first-order chi connectivity index (χ1) is 13.5. The van der Waals surface area contributed by atoms with Crippen molar-refractivity contribution in [3.05, 3.63) is 35.4 Å². The molecule has 3 atom stereocenters. The minimum Gasteiger partial charge on any atom is -0.465 e. The number of hydrogen-bond donors (Lipinski definition) is 1. The van der Waals surface area contributed by atoms with E-state index in [-0.39, 0.29) is 19.4 Å². The van der Waals surface area contributed by atoms with Crippen molar-refractivity contribution in [2.75, 3.05) is 13.7 Å². The van der Waals surface area contributed by atoms with E-state index < -0.39 is 41.8 Å². The van der Waals surface area contributed by atoms with Crippen LogP contribution in [-0.4, -0.2) is 54.3 Å². The van der Waals surface area contributed by atoms with Crippen LogP contribution in [0.4, 0.5) is 9.18 Å². The average Bonchev–Trinajstić information content (AvgIpc) is 2.65. The minimum absolute atomic E-state index is 0.0704. The zero-order chi connectivity index (χ0) is 21.8. The van der Waals surface area contributed by atoms with Crippen LogP contribution in [0.15, 0.2) is 24.3 Å². The van der Waals surface area contributed by atoms with E-state index in [4.69, 9.17) is 4.74 Å². The largest absolute Gasteiger partial charge is 0.465 e. The van der Waals surface area contributed by atoms with E-state index >= 15 is 0 Å². The summed E-state index contributed by atoms with van der Waals surface area (Å²) in [6, 6.07) is 5.30. The SMILES string of the molecule is COC(=O)c1ccc(C(C)NC(=O)C2CC(F)CCN2C(=O)OC(C)(C)C)cc1. The molecular weight excluding hydrogens is 379 g/mol. The topological polar surface area (TPSA) is 84.9 Å². The molecule has 8 heteroatoms. The first-order valence-corrected chi connectivity index (χ1v) is 9.64. The molecule has 0 aromatic heterocycles. The molecule has 1 N–H and O–H groups in total. The molecule has 0 aliphatic carbocycles. The number of amides is 2. The van der Waals surface area contributed by atoms with Gasteiger partial charge in [-0.3, -0.25) is 9.69 Å². The number of methoxy groups -OCH3 is 1. The Morgan fingerprint density at radius 2 is 1.83 bits per heavy atom. The Labute approximate surface area is 170 Å². The predicted octanol–water partition coefficient (Wildman–Crippen LogP) is 3.39. The molecule has 2 rings (SSSR count). The molecule has 1 fully saturated rings. The summed E-state index contributed by atoms with van der Waals surface area (Å²) in [7, 11) is 1.30. The second-order valence-corrected chi connectivity index (χ2v) is 8.16. The highest BCUT2D eigenvalue weighted by molar-refractivity contribution is 5.89. The lowest BCUT2D eigenvalue weighted by atomic mass is 9.99. The van der Waals surface area contributed by atoms with Gasteiger partial charge in [-0.2, -0.15) is 0 Å². The van der Waals surface area contributed by atoms with E-state index in [1.54, 1.807) is 52.0 Å². The van der Waals surface area contributed by atoms with Gasteiger partial charge in [-0.1, -0.05) is 12.1 Å². The molecule has 0 saturated carbocycles. The summed E-state index contributed by atoms with van der Waals surface area (Å²) in [6.45, 7) is 7.11. The van der Waals surface area contributed by atoms with Crippen molar-refractivity contribution in [2.24, 2.45) is 0 Å². The van der Waals surface area contributed by atoms with Crippen LogP contribution >= 0.6 is 0 Å². The van der Waals surface area contributed by atoms with Crippen molar-refractivity contribution in [1.29, 1.82) is 0 Å². The number of carbonyl (C=O) groups is 3. The number of ether oxygens (including phenoxy) is 2. The normalized spacial score (nSPS) is 20.6. The van der Waals surface area contributed by atoms with Gasteiger partial charge in [0.2, 0.25) is 5.91 Å². The minimum atomic E-state index is -1.15. The van der Waals surface area contributed by atoms with E-state index in [0.29, 0.717) is 5.56 Å². The molecule has 1 saturated heterocycles. The molecule has 1 heterocycles. The third-order valence-corrected chi connectivity index (χ3v) is 4.66. The third-order valence-electron chi connectivity index (χ3n) is 4.66. The fourth-order valence-electron chi connectivity index (χ4n) is 3.13. The van der Waals surface area contributed by atoms with E-state index in [1.165, 1.54) is 12.0 Å². The summed E-state index contributed by atoms with van der Waals surface area (Å²) in [5, 5.41) is 2.83. The van der Waals surface area contributed by atoms with Gasteiger partial charge in [-0.25, -0.2) is 14.0 Å². The van der Waals surface area contributed by atoms with Crippen molar-refractivity contribution >= 4 is 18.0 Å². The number of halogens is 1. The van der Waals surface area contributed by atoms with Gasteiger partial charge in [0.05, 0.1) is 18.7 Å². The average molecular weight is 408 g/mol. The molecule has 0 bridgehead atoms. The number of nitrogens with one attached hydrogen (secondary N) is 1. The van der Waals surface area contributed by atoms with Crippen LogP contribution in [0.25, 0.3) is 0 Å². The van der Waals surface area contributed by atoms with Crippen LogP contribution < -0.4 is 5.32 Å². The van der Waals surface area contributed by atoms with Crippen LogP contribution in [0.3, 0.4) is 0 Å². The van der Waals surface area contributed by atoms with Crippen molar-refractivity contribution in [2.45, 2.75) is 64.4 Å². The molecule has 7 nitrogen and oxygen atoms in total. The predicted molar refractivity (Wildman–Crippen MR) is 105 cm³/mol. The lowest BCUT2D eigenvalue weighted by Gasteiger charge is -2.37. The summed E-state index contributed by atoms with van der Waals surface area (Å²) in [5.41, 5.74) is 0.458. The van der Waals surface area contributed by atoms with Gasteiger partial charge in [-0.05, 0) is 51.8 Å². The van der Waals surface area contributed by atoms with Crippen LogP contribution in [0, 0.1) is 0 Å². The van der Waals surface area contributed by atoms with Crippen LogP contribution in [-0.2, 0) is 14.3 Å². The zero-order valence-corrected chi connectivity index (χ0v) is 17.5. The molecule has 1 aromatic rings. The molecule has 2 amide bonds. The number of nitrogens with zero attached hydrogens (tertiary/aromatic N) is 1. The van der Waals surface area contributed by atoms with E-state index in [0.717, 1.165) is 5.56 Å². The summed E-state index contributed by atoms with van der Waals surface area (Å²) in [6.07, 6.45) is -1.68. The second kappa shape index (κ2) is 9.24. The summed E-state index contributed by atoms with van der Waals surface area (Å²) in [4.78, 5) is 38.1. The Hall–Kier alpha value is -2.64. The van der Waals surface area contributed by atoms with Gasteiger partial charge in [-0.15, -0.1) is 0 Å². The van der Waals surface area contributed by atoms with Crippen molar-refractivity contribution < 1.29 is 28.2 Å². The molecule has 1 aromatic carbocycles. The van der Waals surface area contributed by atoms with Gasteiger partial charge in [0, 0.05) is 13.0 Å². The highest BCUT2D eigenvalue weighted by atomic mass is 19.1. The number of rotatable bonds is 4. The molecule has 3 unspecified atom stereocenters. The first-order valence-electron chi connectivity index (χ1n) is 9.64. The standard InChI is InChI=1S/C21H29FN2O5/c1-13(14-6-8-15(9-7-14)19(26)28-5)23-18(25)17-12-16(22)10-11-24(17)20(27)29-21(2,3)4/h6-9,13,16-17H,10-12H2,1-5H3,(H,23,25). The number of alkyl halides is 1. The van der Waals surface area contributed by atoms with E-state index in [2.05, 4.69) is 10.1 Å². The summed E-state index contributed by atoms with van der Waals surface area (Å²) in [5.74, 6) is -0.889. The Morgan fingerprint density at radius 1 is 1.21 bits per heavy atom. The smallest absolute Gasteiger partial charge is 0.410 e. The van der Waals surface area contributed by atoms with Crippen LogP contribution in [0.5, 0.6) is 0 Å². The molecule has 29 heavy (non-hydrogen) atoms. The van der Waals surface area contributed by atoms with Gasteiger partial charge in [0.1, 0.15) is 17.8 Å². The van der Waals surface area contributed by atoms with E-state index in [1.807, 2.05) is 0 Å². The zero-order valence-electron chi connectivity index (χ0n) is 17.5. The number of piperidine rings is 1. The lowest BCUT2D eigenvalue weighted by Crippen LogP contribution is -2.55. The summed E-state index contributed by atoms with van der Waals surface area (Å²) < 4.78 is 24.0. The van der Waals surface area contributed by atoms with Gasteiger partial charge in [0.15, 0.2) is 0 Å².